The van der Waals surface area contributed by atoms with Gasteiger partial charge in [-0.1, -0.05) is 0 Å². The van der Waals surface area contributed by atoms with E-state index in [0.29, 0.717) is 18.8 Å². The van der Waals surface area contributed by atoms with Crippen molar-refractivity contribution in [3.63, 3.8) is 0 Å². The quantitative estimate of drug-likeness (QED) is 0.880. The summed E-state index contributed by atoms with van der Waals surface area (Å²) in [4.78, 5) is 16.7. The highest BCUT2D eigenvalue weighted by Gasteiger charge is 2.10. The molecule has 1 amide bonds. The zero-order valence-electron chi connectivity index (χ0n) is 10.8. The molecule has 0 aliphatic carbocycles. The summed E-state index contributed by atoms with van der Waals surface area (Å²) in [5, 5.41) is 1.14. The molecule has 0 spiro atoms. The van der Waals surface area contributed by atoms with Crippen LogP contribution < -0.4 is 4.74 Å². The van der Waals surface area contributed by atoms with E-state index in [2.05, 4.69) is 4.98 Å². The van der Waals surface area contributed by atoms with E-state index < -0.39 is 0 Å². The first-order valence-corrected chi connectivity index (χ1v) is 6.22. The number of likely N-dealkylation sites (N-methyl/N-ethyl adjacent to an activating group) is 1. The summed E-state index contributed by atoms with van der Waals surface area (Å²) in [5.74, 6) is 0.733. The number of hydrogen-bond acceptors (Lipinski definition) is 2. The second kappa shape index (κ2) is 5.58. The Morgan fingerprint density at radius 1 is 1.28 bits per heavy atom. The molecule has 4 heteroatoms. The average molecular weight is 246 g/mol. The lowest BCUT2D eigenvalue weighted by Gasteiger charge is -2.18. The maximum atomic E-state index is 11.8. The number of nitrogens with zero attached hydrogens (tertiary/aromatic N) is 1. The molecule has 1 N–H and O–H groups in total. The zero-order chi connectivity index (χ0) is 13.0. The molecule has 1 heterocycles. The van der Waals surface area contributed by atoms with E-state index in [4.69, 9.17) is 4.74 Å². The fourth-order valence-electron chi connectivity index (χ4n) is 1.93. The lowest BCUT2D eigenvalue weighted by molar-refractivity contribution is -0.132. The second-order valence-electron chi connectivity index (χ2n) is 4.08. The summed E-state index contributed by atoms with van der Waals surface area (Å²) in [5.41, 5.74) is 1.02. The van der Waals surface area contributed by atoms with E-state index >= 15 is 0 Å². The molecule has 96 valence electrons. The van der Waals surface area contributed by atoms with Crippen LogP contribution >= 0.6 is 0 Å². The molecule has 0 radical (unpaired) electrons. The van der Waals surface area contributed by atoms with Crippen molar-refractivity contribution in [3.8, 4) is 5.75 Å². The number of aromatic amines is 1. The third kappa shape index (κ3) is 2.64. The minimum atomic E-state index is 0.0200. The molecule has 0 fully saturated rings. The molecule has 4 nitrogen and oxygen atoms in total. The Bertz CT molecular complexity index is 529. The van der Waals surface area contributed by atoms with Gasteiger partial charge in [-0.05, 0) is 37.4 Å². The van der Waals surface area contributed by atoms with Crippen molar-refractivity contribution in [1.29, 1.82) is 0 Å². The maximum absolute atomic E-state index is 11.8. The van der Waals surface area contributed by atoms with E-state index in [1.54, 1.807) is 4.90 Å². The Hall–Kier alpha value is -1.97. The third-order valence-electron chi connectivity index (χ3n) is 3.00. The van der Waals surface area contributed by atoms with Gasteiger partial charge in [0.1, 0.15) is 5.75 Å². The fraction of sp³-hybridized carbons (Fsp3) is 0.357. The van der Waals surface area contributed by atoms with Gasteiger partial charge in [-0.25, -0.2) is 0 Å². The molecule has 0 aliphatic heterocycles. The van der Waals surface area contributed by atoms with E-state index in [0.717, 1.165) is 10.9 Å². The molecule has 0 saturated heterocycles. The van der Waals surface area contributed by atoms with Crippen LogP contribution in [0.25, 0.3) is 10.9 Å². The molecule has 2 rings (SSSR count). The van der Waals surface area contributed by atoms with Crippen LogP contribution in [0.4, 0.5) is 0 Å². The molecule has 1 aromatic heterocycles. The van der Waals surface area contributed by atoms with Crippen LogP contribution in [0.15, 0.2) is 30.5 Å². The number of aromatic nitrogens is 1. The molecule has 1 aromatic carbocycles. The van der Waals surface area contributed by atoms with Crippen LogP contribution in [0.5, 0.6) is 5.75 Å². The standard InChI is InChI=1S/C14H18N2O2/c1-3-16(4-2)14(17)10-18-12-6-5-11-7-8-15-13(11)9-12/h5-9,15H,3-4,10H2,1-2H3. The van der Waals surface area contributed by atoms with Crippen LogP contribution in [0.3, 0.4) is 0 Å². The van der Waals surface area contributed by atoms with Crippen LogP contribution in [-0.2, 0) is 4.79 Å². The van der Waals surface area contributed by atoms with Crippen molar-refractivity contribution in [1.82, 2.24) is 9.88 Å². The molecular formula is C14H18N2O2. The van der Waals surface area contributed by atoms with Gasteiger partial charge in [0.05, 0.1) is 0 Å². The first-order valence-electron chi connectivity index (χ1n) is 6.22. The summed E-state index contributed by atoms with van der Waals surface area (Å²) in [7, 11) is 0. The van der Waals surface area contributed by atoms with Crippen molar-refractivity contribution < 1.29 is 9.53 Å². The molecule has 0 unspecified atom stereocenters. The zero-order valence-corrected chi connectivity index (χ0v) is 10.8. The number of benzene rings is 1. The smallest absolute Gasteiger partial charge is 0.260 e. The summed E-state index contributed by atoms with van der Waals surface area (Å²) >= 11 is 0. The van der Waals surface area contributed by atoms with Gasteiger partial charge in [0, 0.05) is 30.9 Å². The number of fused-ring (bicyclic) bond motifs is 1. The fourth-order valence-corrected chi connectivity index (χ4v) is 1.93. The Balaban J connectivity index is 1.99. The van der Waals surface area contributed by atoms with E-state index in [-0.39, 0.29) is 12.5 Å². The molecule has 0 saturated carbocycles. The van der Waals surface area contributed by atoms with Gasteiger partial charge in [0.15, 0.2) is 6.61 Å². The molecule has 0 atom stereocenters. The highest BCUT2D eigenvalue weighted by atomic mass is 16.5. The SMILES string of the molecule is CCN(CC)C(=O)COc1ccc2cc[nH]c2c1. The third-order valence-corrected chi connectivity index (χ3v) is 3.00. The Kier molecular flexibility index (Phi) is 3.87. The molecule has 2 aromatic rings. The largest absolute Gasteiger partial charge is 0.484 e. The monoisotopic (exact) mass is 246 g/mol. The summed E-state index contributed by atoms with van der Waals surface area (Å²) in [6.07, 6.45) is 1.88. The summed E-state index contributed by atoms with van der Waals surface area (Å²) < 4.78 is 5.52. The van der Waals surface area contributed by atoms with E-state index in [9.17, 15) is 4.79 Å². The predicted molar refractivity (Wildman–Crippen MR) is 71.7 cm³/mol. The number of nitrogens with one attached hydrogen (secondary N) is 1. The van der Waals surface area contributed by atoms with Gasteiger partial charge in [0.25, 0.3) is 5.91 Å². The van der Waals surface area contributed by atoms with E-state index in [1.165, 1.54) is 0 Å². The number of hydrogen-bond donors (Lipinski definition) is 1. The number of carbonyl (C=O) groups excluding carboxylic acids is 1. The Labute approximate surface area is 107 Å². The van der Waals surface area contributed by atoms with Crippen molar-refractivity contribution >= 4 is 16.8 Å². The van der Waals surface area contributed by atoms with Crippen molar-refractivity contribution in [2.45, 2.75) is 13.8 Å². The molecular weight excluding hydrogens is 228 g/mol. The van der Waals surface area contributed by atoms with Gasteiger partial charge in [-0.2, -0.15) is 0 Å². The highest BCUT2D eigenvalue weighted by molar-refractivity contribution is 5.81. The number of ether oxygens (including phenoxy) is 1. The lowest BCUT2D eigenvalue weighted by Crippen LogP contribution is -2.34. The first-order chi connectivity index (χ1) is 8.74. The molecule has 18 heavy (non-hydrogen) atoms. The summed E-state index contributed by atoms with van der Waals surface area (Å²) in [6, 6.07) is 7.76. The predicted octanol–water partition coefficient (Wildman–Crippen LogP) is 2.42. The van der Waals surface area contributed by atoms with Gasteiger partial charge < -0.3 is 14.6 Å². The first kappa shape index (κ1) is 12.5. The van der Waals surface area contributed by atoms with Crippen LogP contribution in [0, 0.1) is 0 Å². The minimum absolute atomic E-state index is 0.0200. The number of H-pyrrole nitrogens is 1. The van der Waals surface area contributed by atoms with Crippen LogP contribution in [0.2, 0.25) is 0 Å². The van der Waals surface area contributed by atoms with Crippen molar-refractivity contribution in [2.24, 2.45) is 0 Å². The van der Waals surface area contributed by atoms with Crippen molar-refractivity contribution in [2.75, 3.05) is 19.7 Å². The summed E-state index contributed by atoms with van der Waals surface area (Å²) in [6.45, 7) is 5.45. The minimum Gasteiger partial charge on any atom is -0.484 e. The van der Waals surface area contributed by atoms with E-state index in [1.807, 2.05) is 44.3 Å². The molecule has 0 bridgehead atoms. The molecule has 0 aliphatic rings. The Morgan fingerprint density at radius 3 is 2.78 bits per heavy atom. The maximum Gasteiger partial charge on any atom is 0.260 e. The van der Waals surface area contributed by atoms with Gasteiger partial charge in [-0.15, -0.1) is 0 Å². The normalized spacial score (nSPS) is 10.6. The number of carbonyl (C=O) groups is 1. The van der Waals surface area contributed by atoms with Crippen LogP contribution in [-0.4, -0.2) is 35.5 Å². The van der Waals surface area contributed by atoms with Gasteiger partial charge >= 0.3 is 0 Å². The van der Waals surface area contributed by atoms with Gasteiger partial charge in [0.2, 0.25) is 0 Å². The second-order valence-corrected chi connectivity index (χ2v) is 4.08. The number of rotatable bonds is 5. The topological polar surface area (TPSA) is 45.3 Å². The van der Waals surface area contributed by atoms with Gasteiger partial charge in [-0.3, -0.25) is 4.79 Å². The van der Waals surface area contributed by atoms with Crippen LogP contribution in [0.1, 0.15) is 13.8 Å². The highest BCUT2D eigenvalue weighted by Crippen LogP contribution is 2.19. The number of amides is 1. The lowest BCUT2D eigenvalue weighted by atomic mass is 10.2. The van der Waals surface area contributed by atoms with Crippen molar-refractivity contribution in [3.05, 3.63) is 30.5 Å². The average Bonchev–Trinajstić information content (AvgIpc) is 2.85. The Morgan fingerprint density at radius 2 is 2.06 bits per heavy atom.